The zero-order valence-electron chi connectivity index (χ0n) is 11.9. The zero-order chi connectivity index (χ0) is 12.4. The average Bonchev–Trinajstić information content (AvgIpc) is 2.70. The van der Waals surface area contributed by atoms with Crippen LogP contribution in [0.1, 0.15) is 38.5 Å². The van der Waals surface area contributed by atoms with Gasteiger partial charge in [0.05, 0.1) is 0 Å². The normalized spacial score (nSPS) is 39.5. The minimum Gasteiger partial charge on any atom is -0.315 e. The Kier molecular flexibility index (Phi) is 4.22. The van der Waals surface area contributed by atoms with Gasteiger partial charge in [0.15, 0.2) is 0 Å². The number of nitrogens with one attached hydrogen (secondary N) is 1. The van der Waals surface area contributed by atoms with Gasteiger partial charge in [-0.25, -0.2) is 0 Å². The van der Waals surface area contributed by atoms with Gasteiger partial charge in [-0.1, -0.05) is 25.7 Å². The topological polar surface area (TPSA) is 18.5 Å². The molecule has 0 aromatic rings. The lowest BCUT2D eigenvalue weighted by atomic mass is 9.84. The summed E-state index contributed by atoms with van der Waals surface area (Å²) in [6.07, 6.45) is 8.76. The van der Waals surface area contributed by atoms with Gasteiger partial charge in [0, 0.05) is 44.8 Å². The molecule has 4 fully saturated rings. The molecular formula is C15H29N3. The van der Waals surface area contributed by atoms with E-state index < -0.39 is 0 Å². The standard InChI is InChI=1S/C15H29N3/c1-16-15(13-6-4-2-3-5-7-13)14-12-17-8-10-18(14)11-9-17/h13-16H,2-12H2,1H3. The van der Waals surface area contributed by atoms with Crippen LogP contribution < -0.4 is 5.32 Å². The molecule has 4 rings (SSSR count). The Hall–Kier alpha value is -0.120. The fraction of sp³-hybridized carbons (Fsp3) is 1.00. The van der Waals surface area contributed by atoms with Crippen molar-refractivity contribution >= 4 is 0 Å². The number of nitrogens with zero attached hydrogens (tertiary/aromatic N) is 2. The number of hydrogen-bond acceptors (Lipinski definition) is 3. The summed E-state index contributed by atoms with van der Waals surface area (Å²) in [5.74, 6) is 0.919. The second-order valence-corrected chi connectivity index (χ2v) is 6.47. The van der Waals surface area contributed by atoms with E-state index in [1.807, 2.05) is 0 Å². The van der Waals surface area contributed by atoms with Crippen molar-refractivity contribution in [3.8, 4) is 0 Å². The first-order valence-electron chi connectivity index (χ1n) is 8.02. The maximum absolute atomic E-state index is 3.69. The molecule has 3 heteroatoms. The van der Waals surface area contributed by atoms with E-state index >= 15 is 0 Å². The highest BCUT2D eigenvalue weighted by molar-refractivity contribution is 4.97. The molecule has 0 aromatic carbocycles. The van der Waals surface area contributed by atoms with Crippen molar-refractivity contribution in [2.75, 3.05) is 39.8 Å². The van der Waals surface area contributed by atoms with Crippen LogP contribution in [0.3, 0.4) is 0 Å². The summed E-state index contributed by atoms with van der Waals surface area (Å²) in [6.45, 7) is 6.52. The Morgan fingerprint density at radius 2 is 1.61 bits per heavy atom. The molecule has 2 bridgehead atoms. The molecule has 1 aliphatic carbocycles. The van der Waals surface area contributed by atoms with Crippen LogP contribution in [0.15, 0.2) is 0 Å². The minimum atomic E-state index is 0.728. The molecule has 0 spiro atoms. The Balaban J connectivity index is 1.67. The third-order valence-electron chi connectivity index (χ3n) is 5.48. The second-order valence-electron chi connectivity index (χ2n) is 6.47. The predicted octanol–water partition coefficient (Wildman–Crippen LogP) is 1.54. The number of hydrogen-bond donors (Lipinski definition) is 1. The van der Waals surface area contributed by atoms with Crippen molar-refractivity contribution in [2.24, 2.45) is 5.92 Å². The largest absolute Gasteiger partial charge is 0.315 e. The molecule has 0 radical (unpaired) electrons. The molecule has 1 saturated carbocycles. The Labute approximate surface area is 112 Å². The van der Waals surface area contributed by atoms with Gasteiger partial charge in [0.25, 0.3) is 0 Å². The zero-order valence-corrected chi connectivity index (χ0v) is 11.9. The molecule has 3 nitrogen and oxygen atoms in total. The van der Waals surface area contributed by atoms with E-state index in [0.717, 1.165) is 18.0 Å². The lowest BCUT2D eigenvalue weighted by Gasteiger charge is -2.51. The Bertz CT molecular complexity index is 252. The van der Waals surface area contributed by atoms with Gasteiger partial charge in [-0.3, -0.25) is 9.80 Å². The summed E-state index contributed by atoms with van der Waals surface area (Å²) in [7, 11) is 2.19. The molecule has 1 N–H and O–H groups in total. The molecule has 3 aliphatic heterocycles. The van der Waals surface area contributed by atoms with Gasteiger partial charge in [-0.2, -0.15) is 0 Å². The maximum atomic E-state index is 3.69. The summed E-state index contributed by atoms with van der Waals surface area (Å²) in [5.41, 5.74) is 0. The Morgan fingerprint density at radius 1 is 0.944 bits per heavy atom. The van der Waals surface area contributed by atoms with Crippen molar-refractivity contribution < 1.29 is 0 Å². The highest BCUT2D eigenvalue weighted by Gasteiger charge is 2.39. The maximum Gasteiger partial charge on any atom is 0.0380 e. The van der Waals surface area contributed by atoms with Gasteiger partial charge in [0.1, 0.15) is 0 Å². The van der Waals surface area contributed by atoms with Crippen LogP contribution >= 0.6 is 0 Å². The van der Waals surface area contributed by atoms with Crippen molar-refractivity contribution in [1.82, 2.24) is 15.1 Å². The first-order chi connectivity index (χ1) is 8.88. The smallest absolute Gasteiger partial charge is 0.0380 e. The van der Waals surface area contributed by atoms with E-state index in [1.54, 1.807) is 0 Å². The first kappa shape index (κ1) is 12.9. The number of likely N-dealkylation sites (N-methyl/N-ethyl adjacent to an activating group) is 1. The van der Waals surface area contributed by atoms with Gasteiger partial charge in [-0.05, 0) is 25.8 Å². The second kappa shape index (κ2) is 5.89. The number of fused-ring (bicyclic) bond motifs is 3. The summed E-state index contributed by atoms with van der Waals surface area (Å²) >= 11 is 0. The molecule has 2 unspecified atom stereocenters. The lowest BCUT2D eigenvalue weighted by molar-refractivity contribution is -0.0131. The molecule has 104 valence electrons. The minimum absolute atomic E-state index is 0.728. The van der Waals surface area contributed by atoms with E-state index in [9.17, 15) is 0 Å². The van der Waals surface area contributed by atoms with Crippen LogP contribution in [0.2, 0.25) is 0 Å². The Morgan fingerprint density at radius 3 is 2.11 bits per heavy atom. The van der Waals surface area contributed by atoms with E-state index in [-0.39, 0.29) is 0 Å². The van der Waals surface area contributed by atoms with Gasteiger partial charge < -0.3 is 5.32 Å². The van der Waals surface area contributed by atoms with E-state index in [0.29, 0.717) is 0 Å². The fourth-order valence-electron chi connectivity index (χ4n) is 4.41. The summed E-state index contributed by atoms with van der Waals surface area (Å²) in [5, 5.41) is 3.69. The summed E-state index contributed by atoms with van der Waals surface area (Å²) in [6, 6.07) is 1.51. The molecule has 4 aliphatic rings. The van der Waals surface area contributed by atoms with Crippen molar-refractivity contribution in [2.45, 2.75) is 50.6 Å². The average molecular weight is 251 g/mol. The third-order valence-corrected chi connectivity index (χ3v) is 5.48. The number of piperazine rings is 3. The fourth-order valence-corrected chi connectivity index (χ4v) is 4.41. The van der Waals surface area contributed by atoms with Crippen LogP contribution in [-0.4, -0.2) is 61.7 Å². The van der Waals surface area contributed by atoms with Crippen molar-refractivity contribution in [1.29, 1.82) is 0 Å². The molecule has 0 amide bonds. The van der Waals surface area contributed by atoms with Gasteiger partial charge in [0.2, 0.25) is 0 Å². The van der Waals surface area contributed by atoms with Crippen LogP contribution in [-0.2, 0) is 0 Å². The van der Waals surface area contributed by atoms with Crippen LogP contribution in [0, 0.1) is 5.92 Å². The summed E-state index contributed by atoms with van der Waals surface area (Å²) in [4.78, 5) is 5.43. The van der Waals surface area contributed by atoms with Crippen LogP contribution in [0.25, 0.3) is 0 Å². The lowest BCUT2D eigenvalue weighted by Crippen LogP contribution is -2.67. The third kappa shape index (κ3) is 2.59. The summed E-state index contributed by atoms with van der Waals surface area (Å²) < 4.78 is 0. The van der Waals surface area contributed by atoms with Crippen molar-refractivity contribution in [3.05, 3.63) is 0 Å². The highest BCUT2D eigenvalue weighted by atomic mass is 15.4. The van der Waals surface area contributed by atoms with E-state index in [4.69, 9.17) is 0 Å². The van der Waals surface area contributed by atoms with Crippen LogP contribution in [0.4, 0.5) is 0 Å². The first-order valence-corrected chi connectivity index (χ1v) is 8.02. The molecule has 2 atom stereocenters. The highest BCUT2D eigenvalue weighted by Crippen LogP contribution is 2.30. The molecule has 3 saturated heterocycles. The monoisotopic (exact) mass is 251 g/mol. The van der Waals surface area contributed by atoms with Crippen molar-refractivity contribution in [3.63, 3.8) is 0 Å². The molecule has 0 aromatic heterocycles. The molecule has 18 heavy (non-hydrogen) atoms. The SMILES string of the molecule is CNC(C1CCCCCC1)C1CN2CCN1CC2. The van der Waals surface area contributed by atoms with Gasteiger partial charge in [-0.15, -0.1) is 0 Å². The number of rotatable bonds is 3. The van der Waals surface area contributed by atoms with E-state index in [1.165, 1.54) is 71.2 Å². The quantitative estimate of drug-likeness (QED) is 0.768. The molecular weight excluding hydrogens is 222 g/mol. The van der Waals surface area contributed by atoms with Crippen LogP contribution in [0.5, 0.6) is 0 Å². The molecule has 3 heterocycles. The van der Waals surface area contributed by atoms with E-state index in [2.05, 4.69) is 22.2 Å². The van der Waals surface area contributed by atoms with Gasteiger partial charge >= 0.3 is 0 Å². The predicted molar refractivity (Wildman–Crippen MR) is 75.8 cm³/mol.